The first-order valence-electron chi connectivity index (χ1n) is 24.6. The maximum absolute atomic E-state index is 10.2. The standard InChI is InChI=1S/C5H5NO.2C5H5N.2C4H4N2.2C4H5N.2C4H4O.C4H4S.C3H4N2.C3H3NO.C3H3NS.2C2H3N3.C2H2N2O/c7-5-3-1-2-4-6-5;2*1-2-4-6-5-3-1;1-2-6-4-3-5-1;1-2-4-6-5-3-1;6*1-2-4-5-3-1;2*1-2-5-3-4-1;2*1-3-2-5-4-1;1-3-4-2-5-1/h1-4H,(H,6,7);2*1-5H;2*1-4H;2*1-5H;3*1-4H;1-3H,(H,4,5);2*1-3H;2*1-2H,(H,3,4,5);1-2H. The van der Waals surface area contributed by atoms with Crippen molar-refractivity contribution in [2.75, 3.05) is 0 Å². The summed E-state index contributed by atoms with van der Waals surface area (Å²) in [5.41, 5.74) is 1.74. The molecule has 0 unspecified atom stereocenters. The third-order valence-corrected chi connectivity index (χ3v) is 8.24. The summed E-state index contributed by atoms with van der Waals surface area (Å²) in [5.74, 6) is 0. The van der Waals surface area contributed by atoms with Crippen LogP contribution in [-0.2, 0) is 0 Å². The predicted octanol–water partition coefficient (Wildman–Crippen LogP) is 11.7. The van der Waals surface area contributed by atoms with Crippen molar-refractivity contribution < 1.29 is 17.7 Å². The van der Waals surface area contributed by atoms with E-state index >= 15 is 0 Å². The van der Waals surface area contributed by atoms with Crippen molar-refractivity contribution >= 4 is 22.7 Å². The fourth-order valence-electron chi connectivity index (χ4n) is 3.78. The number of nitrogens with zero attached hydrogens (tertiary/aromatic N) is 15. The molecular formula is C58H63N21O5S2. The fraction of sp³-hybridized carbons (Fsp3) is 0. The molecule has 0 aliphatic carbocycles. The minimum absolute atomic E-state index is 0.0532. The van der Waals surface area contributed by atoms with Crippen LogP contribution in [-0.4, -0.2) is 106 Å². The van der Waals surface area contributed by atoms with Gasteiger partial charge in [-0.3, -0.25) is 45.0 Å². The average molecular weight is 1200 g/mol. The number of oxazole rings is 1. The highest BCUT2D eigenvalue weighted by molar-refractivity contribution is 7.07. The number of H-pyrrole nitrogens is 6. The van der Waals surface area contributed by atoms with E-state index in [0.29, 0.717) is 0 Å². The monoisotopic (exact) mass is 1200 g/mol. The average Bonchev–Trinajstić information content (AvgIpc) is 4.44. The molecule has 0 saturated carbocycles. The van der Waals surface area contributed by atoms with Crippen LogP contribution in [0.4, 0.5) is 0 Å². The van der Waals surface area contributed by atoms with Crippen molar-refractivity contribution in [2.24, 2.45) is 0 Å². The van der Waals surface area contributed by atoms with E-state index in [2.05, 4.69) is 123 Å². The molecule has 0 aliphatic rings. The van der Waals surface area contributed by atoms with E-state index in [-0.39, 0.29) is 5.56 Å². The third kappa shape index (κ3) is 64.2. The molecule has 0 bridgehead atoms. The molecule has 0 spiro atoms. The van der Waals surface area contributed by atoms with E-state index in [4.69, 9.17) is 0 Å². The summed E-state index contributed by atoms with van der Waals surface area (Å²) in [5, 5.41) is 37.9. The van der Waals surface area contributed by atoms with Crippen molar-refractivity contribution in [1.29, 1.82) is 0 Å². The molecule has 442 valence electrons. The number of aromatic nitrogens is 21. The lowest BCUT2D eigenvalue weighted by Crippen LogP contribution is -1.98. The predicted molar refractivity (Wildman–Crippen MR) is 327 cm³/mol. The molecule has 0 aromatic carbocycles. The molecule has 16 heterocycles. The van der Waals surface area contributed by atoms with Crippen LogP contribution >= 0.6 is 22.7 Å². The highest BCUT2D eigenvalue weighted by atomic mass is 32.1. The molecule has 16 rings (SSSR count). The van der Waals surface area contributed by atoms with Crippen molar-refractivity contribution in [3.63, 3.8) is 0 Å². The molecule has 26 nitrogen and oxygen atoms in total. The lowest BCUT2D eigenvalue weighted by Gasteiger charge is -1.73. The number of thiophene rings is 1. The minimum Gasteiger partial charge on any atom is -0.473 e. The van der Waals surface area contributed by atoms with E-state index in [1.807, 2.05) is 156 Å². The summed E-state index contributed by atoms with van der Waals surface area (Å²) in [7, 11) is 0. The zero-order valence-corrected chi connectivity index (χ0v) is 47.6. The lowest BCUT2D eigenvalue weighted by molar-refractivity contribution is 0.553. The van der Waals surface area contributed by atoms with E-state index in [1.165, 1.54) is 56.8 Å². The van der Waals surface area contributed by atoms with Crippen LogP contribution in [0, 0.1) is 0 Å². The number of rotatable bonds is 0. The number of aromatic amines is 6. The Morgan fingerprint density at radius 2 is 0.826 bits per heavy atom. The van der Waals surface area contributed by atoms with Gasteiger partial charge in [0.15, 0.2) is 6.39 Å². The number of hydrogen-bond acceptors (Lipinski definition) is 22. The van der Waals surface area contributed by atoms with E-state index < -0.39 is 0 Å². The van der Waals surface area contributed by atoms with Gasteiger partial charge in [-0.1, -0.05) is 30.3 Å². The highest BCUT2D eigenvalue weighted by Gasteiger charge is 1.70. The summed E-state index contributed by atoms with van der Waals surface area (Å²) < 4.78 is 18.0. The number of nitrogens with one attached hydrogen (secondary N) is 6. The van der Waals surface area contributed by atoms with Crippen LogP contribution in [0.3, 0.4) is 0 Å². The largest absolute Gasteiger partial charge is 0.473 e. The second-order valence-corrected chi connectivity index (χ2v) is 14.8. The normalized spacial score (nSPS) is 8.05. The zero-order valence-electron chi connectivity index (χ0n) is 46.0. The molecule has 28 heteroatoms. The quantitative estimate of drug-likeness (QED) is 0.0821. The Balaban J connectivity index is 0.000000459. The van der Waals surface area contributed by atoms with Gasteiger partial charge in [0.1, 0.15) is 31.6 Å². The molecule has 0 amide bonds. The van der Waals surface area contributed by atoms with Crippen LogP contribution < -0.4 is 5.56 Å². The first kappa shape index (κ1) is 71.7. The fourth-order valence-corrected chi connectivity index (χ4v) is 4.59. The van der Waals surface area contributed by atoms with Gasteiger partial charge in [0, 0.05) is 123 Å². The van der Waals surface area contributed by atoms with Gasteiger partial charge >= 0.3 is 0 Å². The van der Waals surface area contributed by atoms with Crippen molar-refractivity contribution in [1.82, 2.24) is 106 Å². The summed E-state index contributed by atoms with van der Waals surface area (Å²) in [6.07, 6.45) is 50.6. The van der Waals surface area contributed by atoms with Gasteiger partial charge in [-0.2, -0.15) is 36.8 Å². The Bertz CT molecular complexity index is 2390. The van der Waals surface area contributed by atoms with Gasteiger partial charge in [0.05, 0.1) is 36.8 Å². The van der Waals surface area contributed by atoms with Crippen LogP contribution in [0.15, 0.2) is 371 Å². The Morgan fingerprint density at radius 1 is 0.314 bits per heavy atom. The highest BCUT2D eigenvalue weighted by Crippen LogP contribution is 1.91. The molecule has 0 saturated heterocycles. The van der Waals surface area contributed by atoms with Crippen LogP contribution in [0.5, 0.6) is 0 Å². The summed E-state index contributed by atoms with van der Waals surface area (Å²) in [6, 6.07) is 41.0. The van der Waals surface area contributed by atoms with Crippen LogP contribution in [0.25, 0.3) is 0 Å². The molecule has 0 radical (unpaired) electrons. The maximum atomic E-state index is 10.2. The second-order valence-electron chi connectivity index (χ2n) is 13.2. The molecule has 0 fully saturated rings. The van der Waals surface area contributed by atoms with Gasteiger partial charge < -0.3 is 32.6 Å². The molecule has 16 aromatic heterocycles. The summed E-state index contributed by atoms with van der Waals surface area (Å²) >= 11 is 3.31. The van der Waals surface area contributed by atoms with Gasteiger partial charge in [0.2, 0.25) is 18.3 Å². The Kier molecular flexibility index (Phi) is 55.9. The molecule has 86 heavy (non-hydrogen) atoms. The molecule has 16 aromatic rings. The first-order chi connectivity index (χ1) is 42.9. The first-order valence-corrected chi connectivity index (χ1v) is 26.4. The second kappa shape index (κ2) is 67.0. The Morgan fingerprint density at radius 3 is 0.977 bits per heavy atom. The summed E-state index contributed by atoms with van der Waals surface area (Å²) in [4.78, 5) is 47.8. The van der Waals surface area contributed by atoms with Crippen LogP contribution in [0.1, 0.15) is 0 Å². The third-order valence-electron chi connectivity index (χ3n) is 7.09. The van der Waals surface area contributed by atoms with Gasteiger partial charge in [-0.15, -0.1) is 21.5 Å². The Hall–Kier alpha value is -12.3. The van der Waals surface area contributed by atoms with Gasteiger partial charge in [-0.05, 0) is 108 Å². The molecule has 0 atom stereocenters. The molecular weight excluding hydrogens is 1130 g/mol. The number of hydrogen-bond donors (Lipinski definition) is 6. The van der Waals surface area contributed by atoms with Crippen molar-refractivity contribution in [3.05, 3.63) is 359 Å². The number of thiazole rings is 1. The summed E-state index contributed by atoms with van der Waals surface area (Å²) in [6.45, 7) is 0. The van der Waals surface area contributed by atoms with Crippen molar-refractivity contribution in [2.45, 2.75) is 0 Å². The number of pyridine rings is 3. The number of furan rings is 2. The smallest absolute Gasteiger partial charge is 0.247 e. The molecule has 0 aliphatic heterocycles. The van der Waals surface area contributed by atoms with E-state index in [0.717, 1.165) is 0 Å². The minimum atomic E-state index is -0.0532. The van der Waals surface area contributed by atoms with E-state index in [1.54, 1.807) is 158 Å². The van der Waals surface area contributed by atoms with Crippen molar-refractivity contribution in [3.8, 4) is 0 Å². The zero-order chi connectivity index (χ0) is 61.0. The van der Waals surface area contributed by atoms with E-state index in [9.17, 15) is 4.79 Å². The van der Waals surface area contributed by atoms with Gasteiger partial charge in [0.25, 0.3) is 0 Å². The topological polar surface area (TPSA) is 358 Å². The Labute approximate surface area is 502 Å². The molecule has 6 N–H and O–H groups in total. The van der Waals surface area contributed by atoms with Crippen LogP contribution in [0.2, 0.25) is 0 Å². The SMILES string of the molecule is O=c1cccc[nH]1.c1cc[nH]c1.c1cc[nH]c1.c1ccncc1.c1ccncc1.c1ccnnc1.c1ccoc1.c1ccoc1.c1ccsc1.c1cn[nH]c1.c1cnccn1.c1cocn1.c1cscn1.c1nc[nH]n1.c1nc[nH]n1.c1nnco1. The lowest BCUT2D eigenvalue weighted by atomic mass is 10.5. The van der Waals surface area contributed by atoms with Gasteiger partial charge in [-0.25, -0.2) is 15.0 Å². The maximum Gasteiger partial charge on any atom is 0.247 e.